The fourth-order valence-corrected chi connectivity index (χ4v) is 3.50. The number of esters is 1. The normalized spacial score (nSPS) is 25.8. The Balaban J connectivity index is 1.73. The molecule has 1 aromatic carbocycles. The van der Waals surface area contributed by atoms with Gasteiger partial charge in [0.15, 0.2) is 12.3 Å². The highest BCUT2D eigenvalue weighted by molar-refractivity contribution is 5.92. The van der Waals surface area contributed by atoms with E-state index in [2.05, 4.69) is 15.9 Å². The number of rotatable bonds is 4. The highest BCUT2D eigenvalue weighted by Crippen LogP contribution is 2.42. The van der Waals surface area contributed by atoms with Gasteiger partial charge in [-0.15, -0.1) is 6.42 Å². The molecule has 2 aromatic heterocycles. The monoisotopic (exact) mass is 410 g/mol. The third-order valence-corrected chi connectivity index (χ3v) is 5.01. The molecule has 0 unspecified atom stereocenters. The summed E-state index contributed by atoms with van der Waals surface area (Å²) < 4.78 is 12.6. The fraction of sp³-hybridized carbons (Fsp3) is 0.250. The van der Waals surface area contributed by atoms with Crippen LogP contribution in [0.2, 0.25) is 0 Å². The summed E-state index contributed by atoms with van der Waals surface area (Å²) in [7, 11) is 0. The van der Waals surface area contributed by atoms with E-state index in [0.29, 0.717) is 11.0 Å². The number of carbonyl (C=O) groups is 1. The molecule has 0 amide bonds. The van der Waals surface area contributed by atoms with Gasteiger partial charge < -0.3 is 35.1 Å². The summed E-state index contributed by atoms with van der Waals surface area (Å²) in [5.74, 6) is 1.22. The van der Waals surface area contributed by atoms with Crippen molar-refractivity contribution in [1.82, 2.24) is 14.5 Å². The number of nitrogens with two attached hydrogens (primary N) is 1. The number of hydrogen-bond acceptors (Lipinski definition) is 9. The largest absolute Gasteiger partial charge is 0.507 e. The van der Waals surface area contributed by atoms with E-state index >= 15 is 0 Å². The molecule has 1 fully saturated rings. The Hall–Kier alpha value is -3.65. The summed E-state index contributed by atoms with van der Waals surface area (Å²) in [4.78, 5) is 20.7. The van der Waals surface area contributed by atoms with E-state index in [-0.39, 0.29) is 17.1 Å². The van der Waals surface area contributed by atoms with E-state index in [1.54, 1.807) is 18.3 Å². The summed E-state index contributed by atoms with van der Waals surface area (Å²) in [5.41, 5.74) is 3.92. The van der Waals surface area contributed by atoms with Crippen molar-refractivity contribution in [1.29, 1.82) is 0 Å². The number of aromatic hydroxyl groups is 1. The smallest absolute Gasteiger partial charge is 0.342 e. The summed E-state index contributed by atoms with van der Waals surface area (Å²) in [6.45, 7) is -0.588. The van der Waals surface area contributed by atoms with Crippen molar-refractivity contribution in [3.05, 3.63) is 48.4 Å². The SMILES string of the molecule is C#C[C@@]1(O)[C@H](OC(=O)c2ccccc2O)[C@@H](CO)O[C@H]1n1ccc2c(N)ncnc21. The minimum absolute atomic E-state index is 0.121. The molecule has 1 aliphatic rings. The lowest BCUT2D eigenvalue weighted by atomic mass is 9.94. The highest BCUT2D eigenvalue weighted by Gasteiger charge is 2.58. The number of nitrogens with zero attached hydrogens (tertiary/aromatic N) is 3. The Morgan fingerprint density at radius 3 is 2.83 bits per heavy atom. The highest BCUT2D eigenvalue weighted by atomic mass is 16.6. The van der Waals surface area contributed by atoms with Gasteiger partial charge >= 0.3 is 5.97 Å². The average Bonchev–Trinajstić information content (AvgIpc) is 3.29. The van der Waals surface area contributed by atoms with Gasteiger partial charge in [0.2, 0.25) is 5.60 Å². The van der Waals surface area contributed by atoms with Crippen molar-refractivity contribution >= 4 is 22.8 Å². The Morgan fingerprint density at radius 2 is 2.13 bits per heavy atom. The molecule has 5 N–H and O–H groups in total. The number of benzene rings is 1. The van der Waals surface area contributed by atoms with Gasteiger partial charge in [-0.25, -0.2) is 14.8 Å². The minimum atomic E-state index is -2.15. The van der Waals surface area contributed by atoms with E-state index in [1.165, 1.54) is 29.1 Å². The summed E-state index contributed by atoms with van der Waals surface area (Å²) in [6.07, 6.45) is 4.60. The first-order valence-electron chi connectivity index (χ1n) is 8.93. The summed E-state index contributed by atoms with van der Waals surface area (Å²) >= 11 is 0. The molecular weight excluding hydrogens is 392 g/mol. The Bertz CT molecular complexity index is 1160. The number of phenols is 1. The van der Waals surface area contributed by atoms with Gasteiger partial charge in [-0.05, 0) is 18.2 Å². The number of para-hydroxylation sites is 1. The van der Waals surface area contributed by atoms with Crippen LogP contribution in [0.5, 0.6) is 5.75 Å². The molecule has 0 radical (unpaired) electrons. The van der Waals surface area contributed by atoms with Crippen LogP contribution in [-0.2, 0) is 9.47 Å². The van der Waals surface area contributed by atoms with E-state index in [4.69, 9.17) is 21.6 Å². The number of aliphatic hydroxyl groups excluding tert-OH is 1. The first kappa shape index (κ1) is 19.7. The number of anilines is 1. The van der Waals surface area contributed by atoms with Crippen LogP contribution in [0.3, 0.4) is 0 Å². The molecule has 0 saturated carbocycles. The number of phenolic OH excluding ortho intramolecular Hbond substituents is 1. The van der Waals surface area contributed by atoms with E-state index < -0.39 is 36.6 Å². The zero-order chi connectivity index (χ0) is 21.5. The quantitative estimate of drug-likeness (QED) is 0.349. The van der Waals surface area contributed by atoms with Crippen LogP contribution in [0.15, 0.2) is 42.9 Å². The van der Waals surface area contributed by atoms with Gasteiger partial charge in [-0.2, -0.15) is 0 Å². The zero-order valence-electron chi connectivity index (χ0n) is 15.5. The van der Waals surface area contributed by atoms with Gasteiger partial charge in [0.1, 0.15) is 35.2 Å². The Labute approximate surface area is 170 Å². The first-order chi connectivity index (χ1) is 14.4. The van der Waals surface area contributed by atoms with Crippen molar-refractivity contribution in [3.8, 4) is 18.1 Å². The van der Waals surface area contributed by atoms with Crippen LogP contribution in [0.25, 0.3) is 11.0 Å². The van der Waals surface area contributed by atoms with Crippen molar-refractivity contribution in [2.45, 2.75) is 24.0 Å². The number of aliphatic hydroxyl groups is 2. The Morgan fingerprint density at radius 1 is 1.37 bits per heavy atom. The number of aromatic nitrogens is 3. The predicted octanol–water partition coefficient (Wildman–Crippen LogP) is 0.199. The van der Waals surface area contributed by atoms with Gasteiger partial charge in [0, 0.05) is 6.20 Å². The number of ether oxygens (including phenoxy) is 2. The zero-order valence-corrected chi connectivity index (χ0v) is 15.5. The second kappa shape index (κ2) is 7.31. The van der Waals surface area contributed by atoms with Crippen LogP contribution in [0, 0.1) is 12.3 Å². The molecule has 4 rings (SSSR count). The molecule has 1 aliphatic heterocycles. The van der Waals surface area contributed by atoms with Gasteiger partial charge in [-0.1, -0.05) is 18.1 Å². The lowest BCUT2D eigenvalue weighted by Gasteiger charge is -2.29. The van der Waals surface area contributed by atoms with Crippen LogP contribution in [-0.4, -0.2) is 60.2 Å². The predicted molar refractivity (Wildman–Crippen MR) is 104 cm³/mol. The van der Waals surface area contributed by atoms with Crippen molar-refractivity contribution in [3.63, 3.8) is 0 Å². The number of fused-ring (bicyclic) bond motifs is 1. The minimum Gasteiger partial charge on any atom is -0.507 e. The van der Waals surface area contributed by atoms with Crippen LogP contribution in [0.4, 0.5) is 5.82 Å². The average molecular weight is 410 g/mol. The molecule has 1 saturated heterocycles. The third-order valence-electron chi connectivity index (χ3n) is 5.01. The molecule has 10 nitrogen and oxygen atoms in total. The van der Waals surface area contributed by atoms with E-state index in [9.17, 15) is 20.1 Å². The van der Waals surface area contributed by atoms with Gasteiger partial charge in [0.25, 0.3) is 0 Å². The molecule has 10 heteroatoms. The molecule has 3 heterocycles. The maximum absolute atomic E-state index is 12.6. The topological polar surface area (TPSA) is 153 Å². The number of hydrogen-bond donors (Lipinski definition) is 4. The second-order valence-electron chi connectivity index (χ2n) is 6.74. The lowest BCUT2D eigenvalue weighted by Crippen LogP contribution is -2.48. The number of carbonyl (C=O) groups excluding carboxylic acids is 1. The third kappa shape index (κ3) is 2.93. The Kier molecular flexibility index (Phi) is 4.79. The summed E-state index contributed by atoms with van der Waals surface area (Å²) in [6, 6.07) is 7.38. The fourth-order valence-electron chi connectivity index (χ4n) is 3.50. The lowest BCUT2D eigenvalue weighted by molar-refractivity contribution is -0.0733. The summed E-state index contributed by atoms with van der Waals surface area (Å²) in [5, 5.41) is 31.5. The maximum atomic E-state index is 12.6. The molecule has 0 aliphatic carbocycles. The van der Waals surface area contributed by atoms with Crippen molar-refractivity contribution in [2.24, 2.45) is 0 Å². The number of terminal acetylenes is 1. The van der Waals surface area contributed by atoms with Gasteiger partial charge in [0.05, 0.1) is 12.0 Å². The van der Waals surface area contributed by atoms with Crippen LogP contribution < -0.4 is 5.73 Å². The molecule has 4 atom stereocenters. The molecule has 154 valence electrons. The van der Waals surface area contributed by atoms with Crippen molar-refractivity contribution in [2.75, 3.05) is 12.3 Å². The molecule has 3 aromatic rings. The molecule has 0 bridgehead atoms. The molecule has 0 spiro atoms. The number of nitrogen functional groups attached to an aromatic ring is 1. The van der Waals surface area contributed by atoms with Crippen LogP contribution >= 0.6 is 0 Å². The first-order valence-corrected chi connectivity index (χ1v) is 8.93. The van der Waals surface area contributed by atoms with E-state index in [1.807, 2.05) is 0 Å². The van der Waals surface area contributed by atoms with Crippen molar-refractivity contribution < 1.29 is 29.6 Å². The van der Waals surface area contributed by atoms with E-state index in [0.717, 1.165) is 0 Å². The molecule has 30 heavy (non-hydrogen) atoms. The van der Waals surface area contributed by atoms with Gasteiger partial charge in [-0.3, -0.25) is 0 Å². The van der Waals surface area contributed by atoms with Crippen LogP contribution in [0.1, 0.15) is 16.6 Å². The second-order valence-corrected chi connectivity index (χ2v) is 6.74. The molecular formula is C20H18N4O6. The standard InChI is InChI=1S/C20H18N4O6/c1-2-20(28)15(30-18(27)11-5-3-4-6-13(11)26)14(9-25)29-19(20)24-8-7-12-16(21)22-10-23-17(12)24/h1,3-8,10,14-15,19,25-26,28H,9H2,(H2,21,22,23)/t14-,15-,19-,20-/m1/s1. The maximum Gasteiger partial charge on any atom is 0.342 e.